The molecule has 0 spiro atoms. The van der Waals surface area contributed by atoms with Crippen LogP contribution in [0.3, 0.4) is 0 Å². The molecule has 1 atom stereocenters. The Morgan fingerprint density at radius 2 is 1.83 bits per heavy atom. The molecule has 1 fully saturated rings. The van der Waals surface area contributed by atoms with Crippen LogP contribution in [0.25, 0.3) is 0 Å². The Bertz CT molecular complexity index is 497. The summed E-state index contributed by atoms with van der Waals surface area (Å²) in [7, 11) is 0. The van der Waals surface area contributed by atoms with Crippen molar-refractivity contribution in [2.24, 2.45) is 5.73 Å². The highest BCUT2D eigenvalue weighted by molar-refractivity contribution is 5.77. The summed E-state index contributed by atoms with van der Waals surface area (Å²) < 4.78 is 10.6. The number of benzene rings is 1. The van der Waals surface area contributed by atoms with Crippen molar-refractivity contribution < 1.29 is 19.1 Å². The first-order valence-corrected chi connectivity index (χ1v) is 8.31. The number of ether oxygens (including phenoxy) is 2. The second-order valence-electron chi connectivity index (χ2n) is 5.99. The highest BCUT2D eigenvalue weighted by Crippen LogP contribution is 2.20. The summed E-state index contributed by atoms with van der Waals surface area (Å²) in [5.74, 6) is -0.762. The fourth-order valence-corrected chi connectivity index (χ4v) is 2.65. The van der Waals surface area contributed by atoms with Crippen molar-refractivity contribution in [3.8, 4) is 0 Å². The first-order chi connectivity index (χ1) is 11.1. The topological polar surface area (TPSA) is 78.6 Å². The van der Waals surface area contributed by atoms with Crippen LogP contribution in [0.15, 0.2) is 30.3 Å². The summed E-state index contributed by atoms with van der Waals surface area (Å²) in [5.41, 5.74) is 6.69. The zero-order valence-corrected chi connectivity index (χ0v) is 13.4. The van der Waals surface area contributed by atoms with E-state index in [-0.39, 0.29) is 31.5 Å². The average molecular weight is 319 g/mol. The lowest BCUT2D eigenvalue weighted by molar-refractivity contribution is -0.151. The van der Waals surface area contributed by atoms with Gasteiger partial charge in [0.15, 0.2) is 0 Å². The van der Waals surface area contributed by atoms with E-state index < -0.39 is 12.0 Å². The fraction of sp³-hybridized carbons (Fsp3) is 0.556. The predicted octanol–water partition coefficient (Wildman–Crippen LogP) is 2.71. The standard InChI is InChI=1S/C18H25NO4/c19-16(18(21)22-13-14-7-3-1-4-8-14)11-12-17(20)23-15-9-5-2-6-10-15/h1,3-4,7-8,15-16H,2,5-6,9-13,19H2/t16-/m0/s1. The molecule has 1 saturated carbocycles. The summed E-state index contributed by atoms with van der Waals surface area (Å²) in [6.07, 6.45) is 5.77. The van der Waals surface area contributed by atoms with E-state index in [9.17, 15) is 9.59 Å². The van der Waals surface area contributed by atoms with Crippen LogP contribution in [0, 0.1) is 0 Å². The molecule has 5 heteroatoms. The molecular weight excluding hydrogens is 294 g/mol. The Kier molecular flexibility index (Phi) is 7.07. The molecule has 0 heterocycles. The molecular formula is C18H25NO4. The number of hydrogen-bond acceptors (Lipinski definition) is 5. The highest BCUT2D eigenvalue weighted by atomic mass is 16.5. The van der Waals surface area contributed by atoms with Crippen molar-refractivity contribution in [1.82, 2.24) is 0 Å². The Hall–Kier alpha value is -1.88. The minimum Gasteiger partial charge on any atom is -0.462 e. The van der Waals surface area contributed by atoms with Gasteiger partial charge in [-0.2, -0.15) is 0 Å². The molecule has 0 aliphatic heterocycles. The number of esters is 2. The molecule has 1 aliphatic carbocycles. The van der Waals surface area contributed by atoms with Crippen LogP contribution in [0.1, 0.15) is 50.5 Å². The Morgan fingerprint density at radius 3 is 2.52 bits per heavy atom. The van der Waals surface area contributed by atoms with E-state index in [2.05, 4.69) is 0 Å². The van der Waals surface area contributed by atoms with E-state index in [1.807, 2.05) is 30.3 Å². The molecule has 1 aromatic carbocycles. The molecule has 2 N–H and O–H groups in total. The van der Waals surface area contributed by atoms with Crippen LogP contribution in [0.2, 0.25) is 0 Å². The number of rotatable bonds is 7. The van der Waals surface area contributed by atoms with Gasteiger partial charge in [0.05, 0.1) is 0 Å². The SMILES string of the molecule is N[C@@H](CCC(=O)OC1CCCCC1)C(=O)OCc1ccccc1. The number of hydrogen-bond donors (Lipinski definition) is 1. The summed E-state index contributed by atoms with van der Waals surface area (Å²) in [5, 5.41) is 0. The second-order valence-corrected chi connectivity index (χ2v) is 5.99. The third-order valence-electron chi connectivity index (χ3n) is 4.04. The van der Waals surface area contributed by atoms with E-state index >= 15 is 0 Å². The molecule has 0 bridgehead atoms. The lowest BCUT2D eigenvalue weighted by Gasteiger charge is -2.22. The normalized spacial score (nSPS) is 16.6. The molecule has 1 aliphatic rings. The van der Waals surface area contributed by atoms with Crippen molar-refractivity contribution in [3.63, 3.8) is 0 Å². The maximum Gasteiger partial charge on any atom is 0.323 e. The number of carbonyl (C=O) groups is 2. The lowest BCUT2D eigenvalue weighted by atomic mass is 9.98. The largest absolute Gasteiger partial charge is 0.462 e. The van der Waals surface area contributed by atoms with E-state index in [0.29, 0.717) is 0 Å². The molecule has 0 radical (unpaired) electrons. The maximum absolute atomic E-state index is 11.8. The molecule has 0 amide bonds. The van der Waals surface area contributed by atoms with Crippen LogP contribution in [0.4, 0.5) is 0 Å². The zero-order valence-electron chi connectivity index (χ0n) is 13.4. The van der Waals surface area contributed by atoms with Crippen molar-refractivity contribution >= 4 is 11.9 Å². The summed E-state index contributed by atoms with van der Waals surface area (Å²) in [6, 6.07) is 8.61. The van der Waals surface area contributed by atoms with Gasteiger partial charge in [0.2, 0.25) is 0 Å². The minimum absolute atomic E-state index is 0.0394. The quantitative estimate of drug-likeness (QED) is 0.782. The van der Waals surface area contributed by atoms with Gasteiger partial charge in [-0.3, -0.25) is 9.59 Å². The van der Waals surface area contributed by atoms with E-state index in [1.54, 1.807) is 0 Å². The van der Waals surface area contributed by atoms with Crippen LogP contribution >= 0.6 is 0 Å². The van der Waals surface area contributed by atoms with E-state index in [1.165, 1.54) is 6.42 Å². The predicted molar refractivity (Wildman–Crippen MR) is 86.4 cm³/mol. The number of carbonyl (C=O) groups excluding carboxylic acids is 2. The van der Waals surface area contributed by atoms with Crippen molar-refractivity contribution in [2.75, 3.05) is 0 Å². The molecule has 23 heavy (non-hydrogen) atoms. The third kappa shape index (κ3) is 6.40. The summed E-state index contributed by atoms with van der Waals surface area (Å²) in [6.45, 7) is 0.194. The fourth-order valence-electron chi connectivity index (χ4n) is 2.65. The lowest BCUT2D eigenvalue weighted by Crippen LogP contribution is -2.33. The van der Waals surface area contributed by atoms with Gasteiger partial charge in [-0.1, -0.05) is 36.8 Å². The smallest absolute Gasteiger partial charge is 0.323 e. The first kappa shape index (κ1) is 17.5. The minimum atomic E-state index is -0.794. The van der Waals surface area contributed by atoms with Gasteiger partial charge in [-0.05, 0) is 37.7 Å². The molecule has 0 unspecified atom stereocenters. The van der Waals surface area contributed by atoms with Gasteiger partial charge < -0.3 is 15.2 Å². The average Bonchev–Trinajstić information content (AvgIpc) is 2.59. The van der Waals surface area contributed by atoms with Crippen molar-refractivity contribution in [3.05, 3.63) is 35.9 Å². The first-order valence-electron chi connectivity index (χ1n) is 8.31. The van der Waals surface area contributed by atoms with Gasteiger partial charge in [-0.15, -0.1) is 0 Å². The van der Waals surface area contributed by atoms with Crippen LogP contribution in [0.5, 0.6) is 0 Å². The third-order valence-corrected chi connectivity index (χ3v) is 4.04. The van der Waals surface area contributed by atoms with Gasteiger partial charge in [-0.25, -0.2) is 0 Å². The Balaban J connectivity index is 1.63. The van der Waals surface area contributed by atoms with Gasteiger partial charge >= 0.3 is 11.9 Å². The van der Waals surface area contributed by atoms with Crippen molar-refractivity contribution in [1.29, 1.82) is 0 Å². The van der Waals surface area contributed by atoms with E-state index in [4.69, 9.17) is 15.2 Å². The van der Waals surface area contributed by atoms with Crippen LogP contribution in [-0.2, 0) is 25.7 Å². The molecule has 5 nitrogen and oxygen atoms in total. The highest BCUT2D eigenvalue weighted by Gasteiger charge is 2.20. The molecule has 0 saturated heterocycles. The van der Waals surface area contributed by atoms with Crippen LogP contribution < -0.4 is 5.73 Å². The maximum atomic E-state index is 11.8. The Labute approximate surface area is 137 Å². The molecule has 126 valence electrons. The van der Waals surface area contributed by atoms with Gasteiger partial charge in [0, 0.05) is 6.42 Å². The molecule has 1 aromatic rings. The summed E-state index contributed by atoms with van der Waals surface area (Å²) in [4.78, 5) is 23.6. The Morgan fingerprint density at radius 1 is 1.13 bits per heavy atom. The second kappa shape index (κ2) is 9.30. The van der Waals surface area contributed by atoms with Gasteiger partial charge in [0.1, 0.15) is 18.8 Å². The zero-order chi connectivity index (χ0) is 16.5. The monoisotopic (exact) mass is 319 g/mol. The van der Waals surface area contributed by atoms with Gasteiger partial charge in [0.25, 0.3) is 0 Å². The number of nitrogens with two attached hydrogens (primary N) is 1. The summed E-state index contributed by atoms with van der Waals surface area (Å²) >= 11 is 0. The van der Waals surface area contributed by atoms with E-state index in [0.717, 1.165) is 31.2 Å². The van der Waals surface area contributed by atoms with Crippen LogP contribution in [-0.4, -0.2) is 24.1 Å². The molecule has 2 rings (SSSR count). The van der Waals surface area contributed by atoms with Crippen molar-refractivity contribution in [2.45, 2.75) is 63.7 Å². The molecule has 0 aromatic heterocycles.